The normalized spacial score (nSPS) is 12.2. The topological polar surface area (TPSA) is 83.9 Å². The molecule has 0 aromatic heterocycles. The lowest BCUT2D eigenvalue weighted by Gasteiger charge is -2.32. The summed E-state index contributed by atoms with van der Waals surface area (Å²) in [6, 6.07) is 6.27. The largest absolute Gasteiger partial charge is 0.465 e. The second-order valence-corrected chi connectivity index (χ2v) is 7.31. The molecule has 21 heavy (non-hydrogen) atoms. The predicted molar refractivity (Wildman–Crippen MR) is 78.8 cm³/mol. The van der Waals surface area contributed by atoms with Crippen molar-refractivity contribution in [3.05, 3.63) is 29.8 Å². The van der Waals surface area contributed by atoms with Crippen molar-refractivity contribution in [3.63, 3.8) is 0 Å². The molecule has 7 heteroatoms. The summed E-state index contributed by atoms with van der Waals surface area (Å²) in [6.45, 7) is 6.80. The zero-order chi connectivity index (χ0) is 16.3. The maximum absolute atomic E-state index is 12.0. The third-order valence-corrected chi connectivity index (χ3v) is 4.23. The van der Waals surface area contributed by atoms with E-state index < -0.39 is 21.8 Å². The number of aryl methyl sites for hydroxylation is 1. The Kier molecular flexibility index (Phi) is 5.36. The van der Waals surface area contributed by atoms with Gasteiger partial charge in [0.15, 0.2) is 0 Å². The molecule has 6 nitrogen and oxygen atoms in total. The molecule has 0 aliphatic heterocycles. The molecule has 0 spiro atoms. The Hall–Kier alpha value is -1.60. The van der Waals surface area contributed by atoms with Crippen LogP contribution >= 0.6 is 0 Å². The van der Waals surface area contributed by atoms with Crippen molar-refractivity contribution in [1.82, 2.24) is 4.90 Å². The fourth-order valence-electron chi connectivity index (χ4n) is 1.73. The van der Waals surface area contributed by atoms with E-state index in [-0.39, 0.29) is 18.0 Å². The van der Waals surface area contributed by atoms with Crippen molar-refractivity contribution < 1.29 is 22.5 Å². The lowest BCUT2D eigenvalue weighted by Crippen LogP contribution is -2.46. The fraction of sp³-hybridized carbons (Fsp3) is 0.500. The Bertz CT molecular complexity index is 587. The van der Waals surface area contributed by atoms with Crippen molar-refractivity contribution in [3.8, 4) is 0 Å². The number of carboxylic acid groups (broad SMARTS) is 1. The molecule has 0 atom stereocenters. The Morgan fingerprint density at radius 1 is 1.24 bits per heavy atom. The summed E-state index contributed by atoms with van der Waals surface area (Å²) < 4.78 is 28.8. The lowest BCUT2D eigenvalue weighted by molar-refractivity contribution is 0.0898. The standard InChI is InChI=1S/C14H21NO5S/c1-11-5-7-12(8-6-11)21(18,19)20-10-9-15(13(16)17)14(2,3)4/h5-8H,9-10H2,1-4H3,(H,16,17). The van der Waals surface area contributed by atoms with Gasteiger partial charge in [-0.3, -0.25) is 4.18 Å². The van der Waals surface area contributed by atoms with E-state index in [0.29, 0.717) is 0 Å². The van der Waals surface area contributed by atoms with Gasteiger partial charge in [-0.1, -0.05) is 17.7 Å². The van der Waals surface area contributed by atoms with Gasteiger partial charge in [0.05, 0.1) is 11.5 Å². The summed E-state index contributed by atoms with van der Waals surface area (Å²) in [6.07, 6.45) is -1.11. The Labute approximate surface area is 125 Å². The summed E-state index contributed by atoms with van der Waals surface area (Å²) in [4.78, 5) is 12.3. The van der Waals surface area contributed by atoms with Gasteiger partial charge in [-0.25, -0.2) is 4.79 Å². The van der Waals surface area contributed by atoms with Gasteiger partial charge >= 0.3 is 6.09 Å². The molecule has 0 radical (unpaired) electrons. The summed E-state index contributed by atoms with van der Waals surface area (Å²) in [5.41, 5.74) is 0.321. The molecule has 0 fully saturated rings. The van der Waals surface area contributed by atoms with Crippen LogP contribution in [0.15, 0.2) is 29.2 Å². The molecule has 1 aromatic carbocycles. The molecular formula is C14H21NO5S. The van der Waals surface area contributed by atoms with Gasteiger partial charge in [-0.2, -0.15) is 8.42 Å². The Balaban J connectivity index is 2.70. The number of rotatable bonds is 5. The van der Waals surface area contributed by atoms with E-state index in [1.54, 1.807) is 32.9 Å². The minimum Gasteiger partial charge on any atom is -0.465 e. The third-order valence-electron chi connectivity index (χ3n) is 2.90. The first-order valence-corrected chi connectivity index (χ1v) is 7.91. The molecule has 1 N–H and O–H groups in total. The summed E-state index contributed by atoms with van der Waals surface area (Å²) in [5.74, 6) is 0. The van der Waals surface area contributed by atoms with Crippen LogP contribution in [0.2, 0.25) is 0 Å². The summed E-state index contributed by atoms with van der Waals surface area (Å²) >= 11 is 0. The van der Waals surface area contributed by atoms with E-state index in [9.17, 15) is 13.2 Å². The number of nitrogens with zero attached hydrogens (tertiary/aromatic N) is 1. The number of amides is 1. The first-order chi connectivity index (χ1) is 9.54. The highest BCUT2D eigenvalue weighted by Crippen LogP contribution is 2.15. The highest BCUT2D eigenvalue weighted by Gasteiger charge is 2.26. The van der Waals surface area contributed by atoms with Gasteiger partial charge < -0.3 is 10.0 Å². The van der Waals surface area contributed by atoms with Crippen LogP contribution in [0.3, 0.4) is 0 Å². The van der Waals surface area contributed by atoms with E-state index in [4.69, 9.17) is 9.29 Å². The van der Waals surface area contributed by atoms with Crippen LogP contribution in [0.5, 0.6) is 0 Å². The van der Waals surface area contributed by atoms with Crippen molar-refractivity contribution in [1.29, 1.82) is 0 Å². The first kappa shape index (κ1) is 17.5. The van der Waals surface area contributed by atoms with Crippen molar-refractivity contribution in [2.24, 2.45) is 0 Å². The maximum atomic E-state index is 12.0. The monoisotopic (exact) mass is 315 g/mol. The predicted octanol–water partition coefficient (Wildman–Crippen LogP) is 2.48. The minimum atomic E-state index is -3.86. The molecule has 0 heterocycles. The number of hydrogen-bond acceptors (Lipinski definition) is 4. The summed E-state index contributed by atoms with van der Waals surface area (Å²) in [5, 5.41) is 9.11. The van der Waals surface area contributed by atoms with Gasteiger partial charge in [0, 0.05) is 12.1 Å². The molecule has 0 saturated heterocycles. The minimum absolute atomic E-state index is 0.0239. The summed E-state index contributed by atoms with van der Waals surface area (Å²) in [7, 11) is -3.86. The number of benzene rings is 1. The van der Waals surface area contributed by atoms with Crippen LogP contribution in [0.1, 0.15) is 26.3 Å². The van der Waals surface area contributed by atoms with Crippen LogP contribution in [-0.4, -0.2) is 43.2 Å². The Morgan fingerprint density at radius 2 is 1.76 bits per heavy atom. The molecule has 0 aliphatic rings. The van der Waals surface area contributed by atoms with Gasteiger partial charge in [0.25, 0.3) is 10.1 Å². The van der Waals surface area contributed by atoms with E-state index in [1.807, 2.05) is 6.92 Å². The number of hydrogen-bond donors (Lipinski definition) is 1. The van der Waals surface area contributed by atoms with E-state index >= 15 is 0 Å². The average molecular weight is 315 g/mol. The van der Waals surface area contributed by atoms with Crippen LogP contribution in [0.4, 0.5) is 4.79 Å². The molecule has 0 saturated carbocycles. The van der Waals surface area contributed by atoms with E-state index in [0.717, 1.165) is 10.5 Å². The van der Waals surface area contributed by atoms with Crippen LogP contribution < -0.4 is 0 Å². The highest BCUT2D eigenvalue weighted by atomic mass is 32.2. The SMILES string of the molecule is Cc1ccc(S(=O)(=O)OCCN(C(=O)O)C(C)(C)C)cc1. The molecular weight excluding hydrogens is 294 g/mol. The third kappa shape index (κ3) is 5.02. The zero-order valence-corrected chi connectivity index (χ0v) is 13.5. The highest BCUT2D eigenvalue weighted by molar-refractivity contribution is 7.86. The fourth-order valence-corrected chi connectivity index (χ4v) is 2.63. The van der Waals surface area contributed by atoms with Crippen LogP contribution in [0, 0.1) is 6.92 Å². The maximum Gasteiger partial charge on any atom is 0.407 e. The molecule has 0 unspecified atom stereocenters. The quantitative estimate of drug-likeness (QED) is 0.844. The second kappa shape index (κ2) is 6.44. The van der Waals surface area contributed by atoms with Crippen LogP contribution in [0.25, 0.3) is 0 Å². The van der Waals surface area contributed by atoms with Gasteiger partial charge in [-0.15, -0.1) is 0 Å². The average Bonchev–Trinajstić information content (AvgIpc) is 2.33. The molecule has 1 aromatic rings. The zero-order valence-electron chi connectivity index (χ0n) is 12.7. The van der Waals surface area contributed by atoms with Crippen molar-refractivity contribution in [2.45, 2.75) is 38.1 Å². The lowest BCUT2D eigenvalue weighted by atomic mass is 10.1. The van der Waals surface area contributed by atoms with E-state index in [2.05, 4.69) is 0 Å². The second-order valence-electron chi connectivity index (χ2n) is 5.69. The molecule has 0 bridgehead atoms. The molecule has 118 valence electrons. The van der Waals surface area contributed by atoms with Gasteiger partial charge in [0.2, 0.25) is 0 Å². The Morgan fingerprint density at radius 3 is 2.19 bits per heavy atom. The van der Waals surface area contributed by atoms with Crippen molar-refractivity contribution in [2.75, 3.05) is 13.2 Å². The first-order valence-electron chi connectivity index (χ1n) is 6.51. The molecule has 1 amide bonds. The molecule has 1 rings (SSSR count). The smallest absolute Gasteiger partial charge is 0.407 e. The number of carbonyl (C=O) groups is 1. The van der Waals surface area contributed by atoms with E-state index in [1.165, 1.54) is 12.1 Å². The molecule has 0 aliphatic carbocycles. The van der Waals surface area contributed by atoms with Crippen molar-refractivity contribution >= 4 is 16.2 Å². The van der Waals surface area contributed by atoms with Crippen LogP contribution in [-0.2, 0) is 14.3 Å². The van der Waals surface area contributed by atoms with Gasteiger partial charge in [0.1, 0.15) is 0 Å². The van der Waals surface area contributed by atoms with Gasteiger partial charge in [-0.05, 0) is 39.8 Å².